The van der Waals surface area contributed by atoms with Crippen molar-refractivity contribution in [3.63, 3.8) is 0 Å². The van der Waals surface area contributed by atoms with Gasteiger partial charge in [-0.2, -0.15) is 0 Å². The lowest BCUT2D eigenvalue weighted by Gasteiger charge is -2.08. The molecule has 0 aliphatic carbocycles. The van der Waals surface area contributed by atoms with E-state index in [9.17, 15) is 14.9 Å². The first-order valence-corrected chi connectivity index (χ1v) is 6.29. The number of benzene rings is 1. The first-order chi connectivity index (χ1) is 10.0. The molecule has 1 aromatic carbocycles. The van der Waals surface area contributed by atoms with Crippen LogP contribution in [0.4, 0.5) is 17.2 Å². The molecular formula is C13H11ClN4O3. The maximum Gasteiger partial charge on any atom is 0.305 e. The summed E-state index contributed by atoms with van der Waals surface area (Å²) in [5.41, 5.74) is -0.127. The summed E-state index contributed by atoms with van der Waals surface area (Å²) >= 11 is 5.89. The third-order valence-electron chi connectivity index (χ3n) is 2.72. The monoisotopic (exact) mass is 306 g/mol. The van der Waals surface area contributed by atoms with E-state index in [-0.39, 0.29) is 27.8 Å². The molecule has 2 rings (SSSR count). The van der Waals surface area contributed by atoms with Gasteiger partial charge in [-0.3, -0.25) is 14.9 Å². The molecule has 0 unspecified atom stereocenters. The van der Waals surface area contributed by atoms with Gasteiger partial charge in [-0.1, -0.05) is 17.7 Å². The second-order valence-electron chi connectivity index (χ2n) is 4.00. The van der Waals surface area contributed by atoms with E-state index in [1.165, 1.54) is 18.3 Å². The number of nitrogens with zero attached hydrogens (tertiary/aromatic N) is 2. The van der Waals surface area contributed by atoms with Gasteiger partial charge in [0, 0.05) is 13.2 Å². The number of hydrogen-bond acceptors (Lipinski definition) is 5. The number of carbonyl (C=O) groups excluding carboxylic acids is 1. The first-order valence-electron chi connectivity index (χ1n) is 5.91. The van der Waals surface area contributed by atoms with Crippen molar-refractivity contribution in [2.75, 3.05) is 17.7 Å². The number of nitrogens with one attached hydrogen (secondary N) is 2. The molecule has 1 aromatic heterocycles. The van der Waals surface area contributed by atoms with E-state index >= 15 is 0 Å². The standard InChI is InChI=1S/C13H11ClN4O3/c1-15-10-6-2-4-8(11(10)18(20)21)13(19)17-12-9(14)5-3-7-16-12/h2-7,15H,1H3,(H,16,17,19). The van der Waals surface area contributed by atoms with Crippen LogP contribution in [-0.2, 0) is 0 Å². The molecule has 0 fully saturated rings. The van der Waals surface area contributed by atoms with Crippen LogP contribution >= 0.6 is 11.6 Å². The number of nitro groups is 1. The van der Waals surface area contributed by atoms with Crippen LogP contribution in [0.3, 0.4) is 0 Å². The highest BCUT2D eigenvalue weighted by Crippen LogP contribution is 2.29. The highest BCUT2D eigenvalue weighted by Gasteiger charge is 2.24. The molecule has 0 aliphatic rings. The third-order valence-corrected chi connectivity index (χ3v) is 3.03. The van der Waals surface area contributed by atoms with Crippen LogP contribution < -0.4 is 10.6 Å². The molecule has 0 bridgehead atoms. The number of amides is 1. The molecule has 0 saturated carbocycles. The number of pyridine rings is 1. The number of nitro benzene ring substituents is 1. The molecule has 2 aromatic rings. The fraction of sp³-hybridized carbons (Fsp3) is 0.0769. The first kappa shape index (κ1) is 14.7. The van der Waals surface area contributed by atoms with Gasteiger partial charge < -0.3 is 10.6 Å². The summed E-state index contributed by atoms with van der Waals surface area (Å²) in [7, 11) is 1.54. The van der Waals surface area contributed by atoms with Crippen molar-refractivity contribution in [3.05, 3.63) is 57.2 Å². The molecule has 0 atom stereocenters. The van der Waals surface area contributed by atoms with Crippen molar-refractivity contribution in [2.45, 2.75) is 0 Å². The van der Waals surface area contributed by atoms with Gasteiger partial charge in [0.15, 0.2) is 5.82 Å². The molecule has 7 nitrogen and oxygen atoms in total. The van der Waals surface area contributed by atoms with E-state index in [2.05, 4.69) is 15.6 Å². The van der Waals surface area contributed by atoms with E-state index in [1.807, 2.05) is 0 Å². The fourth-order valence-electron chi connectivity index (χ4n) is 1.78. The van der Waals surface area contributed by atoms with Gasteiger partial charge in [-0.15, -0.1) is 0 Å². The van der Waals surface area contributed by atoms with Crippen molar-refractivity contribution in [3.8, 4) is 0 Å². The summed E-state index contributed by atoms with van der Waals surface area (Å²) in [5.74, 6) is -0.507. The molecule has 21 heavy (non-hydrogen) atoms. The summed E-state index contributed by atoms with van der Waals surface area (Å²) in [6.45, 7) is 0. The van der Waals surface area contributed by atoms with E-state index in [0.717, 1.165) is 0 Å². The minimum Gasteiger partial charge on any atom is -0.383 e. The molecule has 1 heterocycles. The Balaban J connectivity index is 2.40. The zero-order valence-corrected chi connectivity index (χ0v) is 11.7. The Morgan fingerprint density at radius 3 is 2.71 bits per heavy atom. The lowest BCUT2D eigenvalue weighted by molar-refractivity contribution is -0.384. The predicted molar refractivity (Wildman–Crippen MR) is 79.8 cm³/mol. The van der Waals surface area contributed by atoms with Crippen LogP contribution in [0, 0.1) is 10.1 Å². The Bertz CT molecular complexity index is 706. The van der Waals surface area contributed by atoms with Gasteiger partial charge in [0.1, 0.15) is 11.3 Å². The molecule has 0 radical (unpaired) electrons. The number of hydrogen-bond donors (Lipinski definition) is 2. The maximum absolute atomic E-state index is 12.2. The highest BCUT2D eigenvalue weighted by molar-refractivity contribution is 6.33. The Morgan fingerprint density at radius 2 is 2.10 bits per heavy atom. The average molecular weight is 307 g/mol. The Labute approximate surface area is 125 Å². The second kappa shape index (κ2) is 6.19. The van der Waals surface area contributed by atoms with Crippen molar-refractivity contribution in [2.24, 2.45) is 0 Å². The topological polar surface area (TPSA) is 97.2 Å². The van der Waals surface area contributed by atoms with Crippen molar-refractivity contribution in [1.29, 1.82) is 0 Å². The third kappa shape index (κ3) is 3.09. The number of carbonyl (C=O) groups is 1. The quantitative estimate of drug-likeness (QED) is 0.668. The van der Waals surface area contributed by atoms with Crippen LogP contribution in [0.5, 0.6) is 0 Å². The molecule has 8 heteroatoms. The van der Waals surface area contributed by atoms with E-state index in [0.29, 0.717) is 0 Å². The van der Waals surface area contributed by atoms with E-state index < -0.39 is 10.8 Å². The Hall–Kier alpha value is -2.67. The van der Waals surface area contributed by atoms with Gasteiger partial charge in [0.25, 0.3) is 5.91 Å². The zero-order valence-electron chi connectivity index (χ0n) is 11.0. The lowest BCUT2D eigenvalue weighted by atomic mass is 10.1. The number of rotatable bonds is 4. The van der Waals surface area contributed by atoms with Gasteiger partial charge in [0.05, 0.1) is 9.95 Å². The average Bonchev–Trinajstić information content (AvgIpc) is 2.48. The summed E-state index contributed by atoms with van der Waals surface area (Å²) in [5, 5.41) is 16.6. The van der Waals surface area contributed by atoms with E-state index in [4.69, 9.17) is 11.6 Å². The van der Waals surface area contributed by atoms with Gasteiger partial charge in [0.2, 0.25) is 0 Å². The number of halogens is 1. The zero-order chi connectivity index (χ0) is 15.4. The van der Waals surface area contributed by atoms with Crippen LogP contribution in [0.15, 0.2) is 36.5 Å². The number of anilines is 2. The molecule has 1 amide bonds. The van der Waals surface area contributed by atoms with Crippen molar-refractivity contribution in [1.82, 2.24) is 4.98 Å². The predicted octanol–water partition coefficient (Wildman–Crippen LogP) is 2.94. The van der Waals surface area contributed by atoms with Crippen molar-refractivity contribution >= 4 is 34.7 Å². The normalized spacial score (nSPS) is 10.0. The fourth-order valence-corrected chi connectivity index (χ4v) is 1.95. The summed E-state index contributed by atoms with van der Waals surface area (Å²) in [6.07, 6.45) is 1.46. The van der Waals surface area contributed by atoms with Crippen LogP contribution in [-0.4, -0.2) is 22.9 Å². The number of para-hydroxylation sites is 1. The summed E-state index contributed by atoms with van der Waals surface area (Å²) in [6, 6.07) is 7.60. The highest BCUT2D eigenvalue weighted by atomic mass is 35.5. The molecule has 0 spiro atoms. The molecular weight excluding hydrogens is 296 g/mol. The van der Waals surface area contributed by atoms with Crippen LogP contribution in [0.1, 0.15) is 10.4 Å². The SMILES string of the molecule is CNc1cccc(C(=O)Nc2ncccc2Cl)c1[N+](=O)[O-]. The molecule has 0 aliphatic heterocycles. The summed E-state index contributed by atoms with van der Waals surface area (Å²) < 4.78 is 0. The summed E-state index contributed by atoms with van der Waals surface area (Å²) in [4.78, 5) is 26.7. The van der Waals surface area contributed by atoms with E-state index in [1.54, 1.807) is 25.2 Å². The Kier molecular flexibility index (Phi) is 4.34. The second-order valence-corrected chi connectivity index (χ2v) is 4.40. The van der Waals surface area contributed by atoms with Gasteiger partial charge in [-0.05, 0) is 24.3 Å². The van der Waals surface area contributed by atoms with Gasteiger partial charge >= 0.3 is 5.69 Å². The largest absolute Gasteiger partial charge is 0.383 e. The minimum atomic E-state index is -0.653. The lowest BCUT2D eigenvalue weighted by Crippen LogP contribution is -2.15. The number of aromatic nitrogens is 1. The Morgan fingerprint density at radius 1 is 1.33 bits per heavy atom. The van der Waals surface area contributed by atoms with Crippen molar-refractivity contribution < 1.29 is 9.72 Å². The molecule has 0 saturated heterocycles. The van der Waals surface area contributed by atoms with Gasteiger partial charge in [-0.25, -0.2) is 4.98 Å². The van der Waals surface area contributed by atoms with Crippen LogP contribution in [0.25, 0.3) is 0 Å². The maximum atomic E-state index is 12.2. The van der Waals surface area contributed by atoms with Crippen LogP contribution in [0.2, 0.25) is 5.02 Å². The minimum absolute atomic E-state index is 0.0754. The smallest absolute Gasteiger partial charge is 0.305 e. The molecule has 2 N–H and O–H groups in total. The molecule has 108 valence electrons.